The molecule has 2 saturated carbocycles. The maximum atomic E-state index is 12.7. The molecular formula is C11H17F2NO2. The average Bonchev–Trinajstić information content (AvgIpc) is 3.00. The number of hydrogen-bond donors (Lipinski definition) is 2. The van der Waals surface area contributed by atoms with Gasteiger partial charge in [0.2, 0.25) is 5.91 Å². The summed E-state index contributed by atoms with van der Waals surface area (Å²) in [6.07, 6.45) is 4.41. The van der Waals surface area contributed by atoms with E-state index in [1.807, 2.05) is 0 Å². The summed E-state index contributed by atoms with van der Waals surface area (Å²) in [5.41, 5.74) is 0. The lowest BCUT2D eigenvalue weighted by Gasteiger charge is -2.13. The van der Waals surface area contributed by atoms with Crippen LogP contribution in [0, 0.1) is 17.8 Å². The summed E-state index contributed by atoms with van der Waals surface area (Å²) in [6.45, 7) is -1.97. The Hall–Kier alpha value is -0.710. The quantitative estimate of drug-likeness (QED) is 0.765. The molecule has 2 unspecified atom stereocenters. The minimum absolute atomic E-state index is 0.0445. The second-order valence-electron chi connectivity index (χ2n) is 4.87. The van der Waals surface area contributed by atoms with Crippen molar-refractivity contribution in [3.8, 4) is 0 Å². The van der Waals surface area contributed by atoms with E-state index in [9.17, 15) is 13.6 Å². The Morgan fingerprint density at radius 2 is 1.88 bits per heavy atom. The molecular weight excluding hydrogens is 216 g/mol. The molecule has 0 saturated heterocycles. The molecule has 0 aliphatic heterocycles. The second-order valence-corrected chi connectivity index (χ2v) is 4.87. The Morgan fingerprint density at radius 3 is 2.38 bits per heavy atom. The lowest BCUT2D eigenvalue weighted by atomic mass is 10.0. The van der Waals surface area contributed by atoms with Crippen molar-refractivity contribution in [3.63, 3.8) is 0 Å². The summed E-state index contributed by atoms with van der Waals surface area (Å²) in [4.78, 5) is 11.6. The first kappa shape index (κ1) is 11.8. The van der Waals surface area contributed by atoms with E-state index < -0.39 is 19.1 Å². The van der Waals surface area contributed by atoms with Crippen LogP contribution in [-0.2, 0) is 4.79 Å². The second kappa shape index (κ2) is 4.28. The summed E-state index contributed by atoms with van der Waals surface area (Å²) in [5, 5.41) is 10.6. The van der Waals surface area contributed by atoms with Gasteiger partial charge in [0.05, 0.1) is 6.54 Å². The number of aliphatic hydroxyl groups is 1. The summed E-state index contributed by atoms with van der Waals surface area (Å²) in [7, 11) is 0. The summed E-state index contributed by atoms with van der Waals surface area (Å²) < 4.78 is 25.4. The van der Waals surface area contributed by atoms with Crippen LogP contribution in [0.5, 0.6) is 0 Å². The van der Waals surface area contributed by atoms with Crippen LogP contribution >= 0.6 is 0 Å². The molecule has 92 valence electrons. The topological polar surface area (TPSA) is 49.3 Å². The number of aliphatic hydroxyl groups excluding tert-OH is 1. The van der Waals surface area contributed by atoms with Gasteiger partial charge in [-0.25, -0.2) is 8.78 Å². The molecule has 2 aliphatic rings. The molecule has 0 bridgehead atoms. The first-order valence-corrected chi connectivity index (χ1v) is 5.81. The SMILES string of the molecule is O=C(NCC(F)(F)CO)C1C2CCCCC21. The van der Waals surface area contributed by atoms with Gasteiger partial charge in [0.1, 0.15) is 6.61 Å². The maximum Gasteiger partial charge on any atom is 0.287 e. The van der Waals surface area contributed by atoms with Gasteiger partial charge in [-0.2, -0.15) is 0 Å². The van der Waals surface area contributed by atoms with Gasteiger partial charge in [0.15, 0.2) is 0 Å². The van der Waals surface area contributed by atoms with Crippen molar-refractivity contribution in [3.05, 3.63) is 0 Å². The maximum absolute atomic E-state index is 12.7. The predicted molar refractivity (Wildman–Crippen MR) is 54.0 cm³/mol. The summed E-state index contributed by atoms with van der Waals surface area (Å²) >= 11 is 0. The molecule has 0 heterocycles. The standard InChI is InChI=1S/C11H17F2NO2/c12-11(13,6-15)5-14-10(16)9-7-3-1-2-4-8(7)9/h7-9,15H,1-6H2,(H,14,16). The number of rotatable bonds is 4. The fourth-order valence-corrected chi connectivity index (χ4v) is 2.77. The molecule has 0 aromatic rings. The van der Waals surface area contributed by atoms with Crippen molar-refractivity contribution in [1.29, 1.82) is 0 Å². The molecule has 5 heteroatoms. The Balaban J connectivity index is 1.77. The van der Waals surface area contributed by atoms with Crippen LogP contribution in [0.1, 0.15) is 25.7 Å². The van der Waals surface area contributed by atoms with Crippen LogP contribution in [0.15, 0.2) is 0 Å². The first-order chi connectivity index (χ1) is 7.55. The van der Waals surface area contributed by atoms with E-state index >= 15 is 0 Å². The zero-order valence-electron chi connectivity index (χ0n) is 9.09. The Labute approximate surface area is 93.2 Å². The van der Waals surface area contributed by atoms with Crippen molar-refractivity contribution < 1.29 is 18.7 Å². The summed E-state index contributed by atoms with van der Waals surface area (Å²) in [6, 6.07) is 0. The monoisotopic (exact) mass is 233 g/mol. The highest BCUT2D eigenvalue weighted by atomic mass is 19.3. The fourth-order valence-electron chi connectivity index (χ4n) is 2.77. The van der Waals surface area contributed by atoms with Gasteiger partial charge in [-0.3, -0.25) is 4.79 Å². The van der Waals surface area contributed by atoms with Crippen LogP contribution in [0.25, 0.3) is 0 Å². The van der Waals surface area contributed by atoms with E-state index in [-0.39, 0.29) is 11.8 Å². The van der Waals surface area contributed by atoms with Crippen molar-refractivity contribution >= 4 is 5.91 Å². The molecule has 0 aromatic carbocycles. The first-order valence-electron chi connectivity index (χ1n) is 5.81. The van der Waals surface area contributed by atoms with Gasteiger partial charge in [-0.15, -0.1) is 0 Å². The Morgan fingerprint density at radius 1 is 1.31 bits per heavy atom. The number of fused-ring (bicyclic) bond motifs is 1. The number of carbonyl (C=O) groups excluding carboxylic acids is 1. The molecule has 2 aliphatic carbocycles. The number of alkyl halides is 2. The molecule has 0 aromatic heterocycles. The van der Waals surface area contributed by atoms with Crippen LogP contribution in [0.4, 0.5) is 8.78 Å². The largest absolute Gasteiger partial charge is 0.390 e. The molecule has 2 atom stereocenters. The van der Waals surface area contributed by atoms with E-state index in [1.54, 1.807) is 0 Å². The number of hydrogen-bond acceptors (Lipinski definition) is 2. The molecule has 0 spiro atoms. The van der Waals surface area contributed by atoms with Crippen LogP contribution < -0.4 is 5.32 Å². The zero-order chi connectivity index (χ0) is 11.8. The number of amides is 1. The van der Waals surface area contributed by atoms with E-state index in [4.69, 9.17) is 5.11 Å². The molecule has 2 fully saturated rings. The Kier molecular flexibility index (Phi) is 3.15. The highest BCUT2D eigenvalue weighted by molar-refractivity contribution is 5.82. The van der Waals surface area contributed by atoms with Gasteiger partial charge in [-0.1, -0.05) is 12.8 Å². The zero-order valence-corrected chi connectivity index (χ0v) is 9.09. The minimum Gasteiger partial charge on any atom is -0.390 e. The lowest BCUT2D eigenvalue weighted by Crippen LogP contribution is -2.40. The van der Waals surface area contributed by atoms with E-state index in [0.717, 1.165) is 25.7 Å². The van der Waals surface area contributed by atoms with E-state index in [1.165, 1.54) is 0 Å². The van der Waals surface area contributed by atoms with Gasteiger partial charge in [0.25, 0.3) is 5.92 Å². The molecule has 1 amide bonds. The van der Waals surface area contributed by atoms with Gasteiger partial charge in [0, 0.05) is 5.92 Å². The van der Waals surface area contributed by atoms with E-state index in [2.05, 4.69) is 5.32 Å². The van der Waals surface area contributed by atoms with Gasteiger partial charge < -0.3 is 10.4 Å². The third-order valence-electron chi connectivity index (χ3n) is 3.71. The third kappa shape index (κ3) is 2.34. The molecule has 2 rings (SSSR count). The van der Waals surface area contributed by atoms with Gasteiger partial charge >= 0.3 is 0 Å². The van der Waals surface area contributed by atoms with Crippen molar-refractivity contribution in [2.45, 2.75) is 31.6 Å². The van der Waals surface area contributed by atoms with Crippen molar-refractivity contribution in [2.24, 2.45) is 17.8 Å². The molecule has 2 N–H and O–H groups in total. The third-order valence-corrected chi connectivity index (χ3v) is 3.71. The molecule has 16 heavy (non-hydrogen) atoms. The number of carbonyl (C=O) groups is 1. The Bertz CT molecular complexity index is 271. The molecule has 3 nitrogen and oxygen atoms in total. The van der Waals surface area contributed by atoms with Crippen LogP contribution in [0.2, 0.25) is 0 Å². The van der Waals surface area contributed by atoms with Gasteiger partial charge in [-0.05, 0) is 24.7 Å². The highest BCUT2D eigenvalue weighted by Gasteiger charge is 2.54. The number of halogens is 2. The van der Waals surface area contributed by atoms with Crippen LogP contribution in [-0.4, -0.2) is 30.1 Å². The predicted octanol–water partition coefficient (Wildman–Crippen LogP) is 1.17. The smallest absolute Gasteiger partial charge is 0.287 e. The highest BCUT2D eigenvalue weighted by Crippen LogP contribution is 2.55. The summed E-state index contributed by atoms with van der Waals surface area (Å²) in [5.74, 6) is -2.65. The lowest BCUT2D eigenvalue weighted by molar-refractivity contribution is -0.125. The fraction of sp³-hybridized carbons (Fsp3) is 0.909. The molecule has 0 radical (unpaired) electrons. The normalized spacial score (nSPS) is 33.1. The average molecular weight is 233 g/mol. The van der Waals surface area contributed by atoms with Crippen molar-refractivity contribution in [1.82, 2.24) is 5.32 Å². The minimum atomic E-state index is -3.20. The number of nitrogens with one attached hydrogen (secondary N) is 1. The van der Waals surface area contributed by atoms with Crippen LogP contribution in [0.3, 0.4) is 0 Å². The van der Waals surface area contributed by atoms with E-state index in [0.29, 0.717) is 11.8 Å². The van der Waals surface area contributed by atoms with Crippen molar-refractivity contribution in [2.75, 3.05) is 13.2 Å².